The minimum atomic E-state index is -0.504. The molecular formula is C12H12FN3O3. The molecule has 1 fully saturated rings. The number of hydrogen-bond acceptors (Lipinski definition) is 4. The summed E-state index contributed by atoms with van der Waals surface area (Å²) in [6.45, 7) is -0.262. The summed E-state index contributed by atoms with van der Waals surface area (Å²) in [7, 11) is 0. The first kappa shape index (κ1) is 13.2. The van der Waals surface area contributed by atoms with E-state index in [9.17, 15) is 18.8 Å². The molecule has 0 spiro atoms. The van der Waals surface area contributed by atoms with E-state index in [1.165, 1.54) is 24.3 Å². The lowest BCUT2D eigenvalue weighted by Crippen LogP contribution is -2.54. The quantitative estimate of drug-likeness (QED) is 0.737. The van der Waals surface area contributed by atoms with Crippen molar-refractivity contribution in [1.82, 2.24) is 10.2 Å². The predicted molar refractivity (Wildman–Crippen MR) is 64.6 cm³/mol. The lowest BCUT2D eigenvalue weighted by atomic mass is 10.3. The van der Waals surface area contributed by atoms with Crippen LogP contribution >= 0.6 is 0 Å². The molecule has 1 aromatic rings. The van der Waals surface area contributed by atoms with E-state index >= 15 is 0 Å². The van der Waals surface area contributed by atoms with Gasteiger partial charge >= 0.3 is 0 Å². The van der Waals surface area contributed by atoms with Crippen molar-refractivity contribution in [3.8, 4) is 0 Å². The van der Waals surface area contributed by atoms with Crippen LogP contribution in [0.1, 0.15) is 0 Å². The van der Waals surface area contributed by atoms with Crippen LogP contribution in [0.5, 0.6) is 0 Å². The number of imide groups is 1. The zero-order valence-corrected chi connectivity index (χ0v) is 9.98. The number of nitrogens with one attached hydrogen (secondary N) is 2. The van der Waals surface area contributed by atoms with Gasteiger partial charge in [0.25, 0.3) is 0 Å². The molecule has 1 aliphatic heterocycles. The lowest BCUT2D eigenvalue weighted by molar-refractivity contribution is -0.148. The molecule has 1 aromatic carbocycles. The zero-order valence-electron chi connectivity index (χ0n) is 9.98. The molecule has 3 amide bonds. The summed E-state index contributed by atoms with van der Waals surface area (Å²) in [5, 5.41) is 5.11. The molecule has 2 rings (SSSR count). The average Bonchev–Trinajstić information content (AvgIpc) is 2.37. The first-order chi connectivity index (χ1) is 9.06. The van der Waals surface area contributed by atoms with Gasteiger partial charge in [-0.3, -0.25) is 24.6 Å². The van der Waals surface area contributed by atoms with E-state index in [0.717, 1.165) is 4.90 Å². The van der Waals surface area contributed by atoms with Gasteiger partial charge in [-0.1, -0.05) is 0 Å². The van der Waals surface area contributed by atoms with Crippen LogP contribution in [-0.2, 0) is 14.4 Å². The van der Waals surface area contributed by atoms with Gasteiger partial charge in [0, 0.05) is 5.69 Å². The van der Waals surface area contributed by atoms with Gasteiger partial charge < -0.3 is 5.32 Å². The van der Waals surface area contributed by atoms with E-state index in [1.54, 1.807) is 0 Å². The number of carbonyl (C=O) groups excluding carboxylic acids is 3. The number of halogens is 1. The first-order valence-corrected chi connectivity index (χ1v) is 5.65. The summed E-state index contributed by atoms with van der Waals surface area (Å²) in [6, 6.07) is 5.21. The lowest BCUT2D eigenvalue weighted by Gasteiger charge is -2.24. The first-order valence-electron chi connectivity index (χ1n) is 5.65. The topological polar surface area (TPSA) is 78.5 Å². The summed E-state index contributed by atoms with van der Waals surface area (Å²) in [5.74, 6) is -1.79. The van der Waals surface area contributed by atoms with Gasteiger partial charge in [0.1, 0.15) is 12.4 Å². The predicted octanol–water partition coefficient (Wildman–Crippen LogP) is -0.277. The number of benzene rings is 1. The second kappa shape index (κ2) is 5.57. The number of piperazine rings is 1. The van der Waals surface area contributed by atoms with Crippen molar-refractivity contribution >= 4 is 23.4 Å². The third-order valence-electron chi connectivity index (χ3n) is 2.58. The summed E-state index contributed by atoms with van der Waals surface area (Å²) in [5.41, 5.74) is 0.404. The highest BCUT2D eigenvalue weighted by molar-refractivity contribution is 6.04. The van der Waals surface area contributed by atoms with Crippen LogP contribution in [0.2, 0.25) is 0 Å². The Kier molecular flexibility index (Phi) is 3.86. The van der Waals surface area contributed by atoms with Crippen molar-refractivity contribution < 1.29 is 18.8 Å². The Morgan fingerprint density at radius 2 is 1.79 bits per heavy atom. The molecule has 0 aromatic heterocycles. The Morgan fingerprint density at radius 3 is 2.37 bits per heavy atom. The van der Waals surface area contributed by atoms with Gasteiger partial charge in [-0.2, -0.15) is 0 Å². The standard InChI is InChI=1S/C12H12FN3O3/c13-8-1-3-9(4-2-8)15-10(17)7-16-11(18)5-14-6-12(16)19/h1-4,14H,5-7H2,(H,15,17). The van der Waals surface area contributed by atoms with Gasteiger partial charge in [0.2, 0.25) is 17.7 Å². The van der Waals surface area contributed by atoms with Crippen molar-refractivity contribution in [3.05, 3.63) is 30.1 Å². The molecule has 1 heterocycles. The highest BCUT2D eigenvalue weighted by Crippen LogP contribution is 2.08. The van der Waals surface area contributed by atoms with Crippen LogP contribution in [0.25, 0.3) is 0 Å². The van der Waals surface area contributed by atoms with Crippen LogP contribution in [0, 0.1) is 5.82 Å². The van der Waals surface area contributed by atoms with Gasteiger partial charge in [-0.05, 0) is 24.3 Å². The molecule has 1 aliphatic rings. The SMILES string of the molecule is O=C(CN1C(=O)CNCC1=O)Nc1ccc(F)cc1. The van der Waals surface area contributed by atoms with Gasteiger partial charge in [-0.25, -0.2) is 4.39 Å². The van der Waals surface area contributed by atoms with Crippen molar-refractivity contribution in [3.63, 3.8) is 0 Å². The average molecular weight is 265 g/mol. The minimum absolute atomic E-state index is 0.0373. The Bertz CT molecular complexity index is 499. The second-order valence-corrected chi connectivity index (χ2v) is 4.03. The van der Waals surface area contributed by atoms with Crippen molar-refractivity contribution in [2.75, 3.05) is 25.0 Å². The molecule has 100 valence electrons. The van der Waals surface area contributed by atoms with Crippen LogP contribution in [0.3, 0.4) is 0 Å². The van der Waals surface area contributed by atoms with Crippen LogP contribution in [-0.4, -0.2) is 42.3 Å². The third kappa shape index (κ3) is 3.35. The van der Waals surface area contributed by atoms with E-state index < -0.39 is 23.5 Å². The van der Waals surface area contributed by atoms with Crippen LogP contribution in [0.4, 0.5) is 10.1 Å². The van der Waals surface area contributed by atoms with E-state index in [1.807, 2.05) is 0 Å². The Labute approximate surface area is 108 Å². The third-order valence-corrected chi connectivity index (χ3v) is 2.58. The fourth-order valence-electron chi connectivity index (χ4n) is 1.66. The molecule has 19 heavy (non-hydrogen) atoms. The fourth-order valence-corrected chi connectivity index (χ4v) is 1.66. The van der Waals surface area contributed by atoms with E-state index in [2.05, 4.69) is 10.6 Å². The molecule has 0 bridgehead atoms. The molecule has 0 radical (unpaired) electrons. The number of anilines is 1. The monoisotopic (exact) mass is 265 g/mol. The zero-order chi connectivity index (χ0) is 13.8. The van der Waals surface area contributed by atoms with E-state index in [0.29, 0.717) is 5.69 Å². The van der Waals surface area contributed by atoms with Crippen LogP contribution < -0.4 is 10.6 Å². The fraction of sp³-hybridized carbons (Fsp3) is 0.250. The Balaban J connectivity index is 1.95. The van der Waals surface area contributed by atoms with Crippen molar-refractivity contribution in [2.45, 2.75) is 0 Å². The van der Waals surface area contributed by atoms with Crippen LogP contribution in [0.15, 0.2) is 24.3 Å². The summed E-state index contributed by atoms with van der Waals surface area (Å²) in [4.78, 5) is 35.5. The van der Waals surface area contributed by atoms with E-state index in [4.69, 9.17) is 0 Å². The van der Waals surface area contributed by atoms with Gasteiger partial charge in [-0.15, -0.1) is 0 Å². The Hall–Kier alpha value is -2.28. The number of nitrogens with zero attached hydrogens (tertiary/aromatic N) is 1. The molecule has 0 unspecified atom stereocenters. The molecule has 7 heteroatoms. The molecular weight excluding hydrogens is 253 g/mol. The smallest absolute Gasteiger partial charge is 0.244 e. The number of carbonyl (C=O) groups is 3. The van der Waals surface area contributed by atoms with Crippen molar-refractivity contribution in [1.29, 1.82) is 0 Å². The van der Waals surface area contributed by atoms with Crippen molar-refractivity contribution in [2.24, 2.45) is 0 Å². The molecule has 0 aliphatic carbocycles. The maximum Gasteiger partial charge on any atom is 0.244 e. The summed E-state index contributed by atoms with van der Waals surface area (Å²) < 4.78 is 12.7. The molecule has 1 saturated heterocycles. The van der Waals surface area contributed by atoms with E-state index in [-0.39, 0.29) is 19.6 Å². The molecule has 6 nitrogen and oxygen atoms in total. The highest BCUT2D eigenvalue weighted by atomic mass is 19.1. The van der Waals surface area contributed by atoms with Gasteiger partial charge in [0.05, 0.1) is 13.1 Å². The minimum Gasteiger partial charge on any atom is -0.325 e. The molecule has 0 saturated carbocycles. The summed E-state index contributed by atoms with van der Waals surface area (Å²) in [6.07, 6.45) is 0. The maximum atomic E-state index is 12.7. The van der Waals surface area contributed by atoms with Gasteiger partial charge in [0.15, 0.2) is 0 Å². The number of amides is 3. The summed E-state index contributed by atoms with van der Waals surface area (Å²) >= 11 is 0. The normalized spacial score (nSPS) is 15.5. The number of hydrogen-bond donors (Lipinski definition) is 2. The maximum absolute atomic E-state index is 12.7. The Morgan fingerprint density at radius 1 is 1.21 bits per heavy atom. The molecule has 0 atom stereocenters. The largest absolute Gasteiger partial charge is 0.325 e. The molecule has 2 N–H and O–H groups in total. The second-order valence-electron chi connectivity index (χ2n) is 4.03. The highest BCUT2D eigenvalue weighted by Gasteiger charge is 2.27. The number of rotatable bonds is 3.